The smallest absolute Gasteiger partial charge is 0.0571 e. The van der Waals surface area contributed by atoms with Crippen LogP contribution >= 0.6 is 46.6 Å². The first-order valence-electron chi connectivity index (χ1n) is 3.48. The predicted molar refractivity (Wildman–Crippen MR) is 57.2 cm³/mol. The highest BCUT2D eigenvalue weighted by molar-refractivity contribution is 8.00. The topological polar surface area (TPSA) is 40.1 Å². The summed E-state index contributed by atoms with van der Waals surface area (Å²) in [6.45, 7) is 0. The summed E-state index contributed by atoms with van der Waals surface area (Å²) in [5.41, 5.74) is 0. The first kappa shape index (κ1) is 12.0. The molecule has 2 nitrogen and oxygen atoms in total. The van der Waals surface area contributed by atoms with Gasteiger partial charge in [0.05, 0.1) is 16.0 Å². The Kier molecular flexibility index (Phi) is 4.38. The van der Waals surface area contributed by atoms with E-state index in [1.165, 1.54) is 12.1 Å². The van der Waals surface area contributed by atoms with Gasteiger partial charge in [0.1, 0.15) is 0 Å². The highest BCUT2D eigenvalue weighted by Gasteiger charge is 2.08. The average Bonchev–Trinajstić information content (AvgIpc) is 2.01. The molecule has 0 aliphatic carbocycles. The molecular weight excluding hydrogens is 267 g/mol. The molecule has 0 heterocycles. The molecular formula is C8H4Cl3O2S-. The lowest BCUT2D eigenvalue weighted by Gasteiger charge is -2.07. The summed E-state index contributed by atoms with van der Waals surface area (Å²) in [6.07, 6.45) is 0. The minimum Gasteiger partial charge on any atom is -0.549 e. The SMILES string of the molecule is O=C([O-])CSc1c(Cl)cc(Cl)cc1Cl. The lowest BCUT2D eigenvalue weighted by molar-refractivity contribution is -0.301. The summed E-state index contributed by atoms with van der Waals surface area (Å²) < 4.78 is 0. The van der Waals surface area contributed by atoms with Gasteiger partial charge in [0.25, 0.3) is 0 Å². The van der Waals surface area contributed by atoms with E-state index in [-0.39, 0.29) is 5.75 Å². The van der Waals surface area contributed by atoms with Crippen LogP contribution in [-0.4, -0.2) is 11.7 Å². The van der Waals surface area contributed by atoms with Gasteiger partial charge in [-0.2, -0.15) is 0 Å². The number of carboxylic acids is 1. The van der Waals surface area contributed by atoms with Crippen molar-refractivity contribution < 1.29 is 9.90 Å². The maximum Gasteiger partial charge on any atom is 0.0571 e. The van der Waals surface area contributed by atoms with Gasteiger partial charge < -0.3 is 9.90 Å². The van der Waals surface area contributed by atoms with Crippen molar-refractivity contribution in [3.05, 3.63) is 27.2 Å². The van der Waals surface area contributed by atoms with Gasteiger partial charge in [0, 0.05) is 15.7 Å². The van der Waals surface area contributed by atoms with Crippen molar-refractivity contribution in [1.29, 1.82) is 0 Å². The molecule has 1 aromatic rings. The second kappa shape index (κ2) is 5.12. The molecule has 0 fully saturated rings. The number of carboxylic acid groups (broad SMARTS) is 1. The summed E-state index contributed by atoms with van der Waals surface area (Å²) in [6, 6.07) is 3.01. The van der Waals surface area contributed by atoms with E-state index in [1.807, 2.05) is 0 Å². The van der Waals surface area contributed by atoms with Crippen molar-refractivity contribution in [3.63, 3.8) is 0 Å². The Morgan fingerprint density at radius 2 is 1.79 bits per heavy atom. The van der Waals surface area contributed by atoms with Crippen LogP contribution in [0.5, 0.6) is 0 Å². The molecule has 0 N–H and O–H groups in total. The third-order valence-corrected chi connectivity index (χ3v) is 3.44. The summed E-state index contributed by atoms with van der Waals surface area (Å²) in [4.78, 5) is 10.7. The lowest BCUT2D eigenvalue weighted by atomic mass is 10.4. The van der Waals surface area contributed by atoms with Crippen LogP contribution in [0.2, 0.25) is 15.1 Å². The summed E-state index contributed by atoms with van der Waals surface area (Å²) in [5, 5.41) is 11.3. The third kappa shape index (κ3) is 3.24. The van der Waals surface area contributed by atoms with E-state index in [1.54, 1.807) is 0 Å². The summed E-state index contributed by atoms with van der Waals surface area (Å²) in [7, 11) is 0. The number of hydrogen-bond acceptors (Lipinski definition) is 3. The van der Waals surface area contributed by atoms with Gasteiger partial charge in [-0.25, -0.2) is 0 Å². The summed E-state index contributed by atoms with van der Waals surface area (Å²) in [5.74, 6) is -1.36. The van der Waals surface area contributed by atoms with Gasteiger partial charge >= 0.3 is 0 Å². The van der Waals surface area contributed by atoms with Crippen LogP contribution in [0.3, 0.4) is 0 Å². The molecule has 0 atom stereocenters. The second-order valence-corrected chi connectivity index (χ2v) is 4.60. The van der Waals surface area contributed by atoms with Gasteiger partial charge in [0.15, 0.2) is 0 Å². The number of rotatable bonds is 3. The third-order valence-electron chi connectivity index (χ3n) is 1.30. The van der Waals surface area contributed by atoms with E-state index in [0.29, 0.717) is 20.0 Å². The molecule has 14 heavy (non-hydrogen) atoms. The number of benzene rings is 1. The Balaban J connectivity index is 2.91. The minimum atomic E-state index is -1.17. The van der Waals surface area contributed by atoms with Crippen molar-refractivity contribution >= 4 is 52.5 Å². The van der Waals surface area contributed by atoms with Crippen molar-refractivity contribution in [2.45, 2.75) is 4.90 Å². The van der Waals surface area contributed by atoms with Gasteiger partial charge in [-0.1, -0.05) is 34.8 Å². The fourth-order valence-electron chi connectivity index (χ4n) is 0.798. The molecule has 0 aliphatic rings. The van der Waals surface area contributed by atoms with Crippen molar-refractivity contribution in [2.75, 3.05) is 5.75 Å². The van der Waals surface area contributed by atoms with Crippen LogP contribution < -0.4 is 5.11 Å². The normalized spacial score (nSPS) is 10.2. The predicted octanol–water partition coefficient (Wildman–Crippen LogP) is 2.49. The maximum atomic E-state index is 10.2. The Morgan fingerprint density at radius 3 is 2.21 bits per heavy atom. The van der Waals surface area contributed by atoms with Crippen LogP contribution in [0, 0.1) is 0 Å². The van der Waals surface area contributed by atoms with Gasteiger partial charge in [-0.3, -0.25) is 0 Å². The molecule has 0 spiro atoms. The molecule has 0 saturated carbocycles. The van der Waals surface area contributed by atoms with E-state index in [0.717, 1.165) is 11.8 Å². The average molecular weight is 271 g/mol. The zero-order valence-corrected chi connectivity index (χ0v) is 9.80. The Bertz CT molecular complexity index is 345. The van der Waals surface area contributed by atoms with E-state index < -0.39 is 5.97 Å². The number of halogens is 3. The van der Waals surface area contributed by atoms with Crippen molar-refractivity contribution in [3.8, 4) is 0 Å². The van der Waals surface area contributed by atoms with Crippen LogP contribution in [0.15, 0.2) is 17.0 Å². The molecule has 0 aromatic heterocycles. The second-order valence-electron chi connectivity index (χ2n) is 2.36. The Labute approximate surface area is 100 Å². The van der Waals surface area contributed by atoms with Gasteiger partial charge in [0.2, 0.25) is 0 Å². The molecule has 1 aromatic carbocycles. The number of thioether (sulfide) groups is 1. The highest BCUT2D eigenvalue weighted by Crippen LogP contribution is 2.36. The standard InChI is InChI=1S/C8H5Cl3O2S/c9-4-1-5(10)8(6(11)2-4)14-3-7(12)13/h1-2H,3H2,(H,12,13)/p-1. The molecule has 0 amide bonds. The molecule has 0 radical (unpaired) electrons. The van der Waals surface area contributed by atoms with Crippen molar-refractivity contribution in [2.24, 2.45) is 0 Å². The number of hydrogen-bond donors (Lipinski definition) is 0. The van der Waals surface area contributed by atoms with Crippen LogP contribution in [0.4, 0.5) is 0 Å². The maximum absolute atomic E-state index is 10.2. The molecule has 6 heteroatoms. The first-order valence-corrected chi connectivity index (χ1v) is 5.60. The molecule has 0 saturated heterocycles. The molecule has 0 aliphatic heterocycles. The molecule has 76 valence electrons. The Hall–Kier alpha value is -0.0900. The number of carbonyl (C=O) groups excluding carboxylic acids is 1. The van der Waals surface area contributed by atoms with E-state index in [9.17, 15) is 9.90 Å². The van der Waals surface area contributed by atoms with Gasteiger partial charge in [-0.05, 0) is 12.1 Å². The Morgan fingerprint density at radius 1 is 1.29 bits per heavy atom. The largest absolute Gasteiger partial charge is 0.549 e. The fourth-order valence-corrected chi connectivity index (χ4v) is 2.60. The minimum absolute atomic E-state index is 0.193. The first-order chi connectivity index (χ1) is 6.50. The van der Waals surface area contributed by atoms with Crippen LogP contribution in [0.1, 0.15) is 0 Å². The monoisotopic (exact) mass is 269 g/mol. The zero-order valence-electron chi connectivity index (χ0n) is 6.72. The van der Waals surface area contributed by atoms with E-state index in [4.69, 9.17) is 34.8 Å². The van der Waals surface area contributed by atoms with Crippen LogP contribution in [-0.2, 0) is 4.79 Å². The van der Waals surface area contributed by atoms with Crippen molar-refractivity contribution in [1.82, 2.24) is 0 Å². The molecule has 1 rings (SSSR count). The highest BCUT2D eigenvalue weighted by atomic mass is 35.5. The molecule has 0 bridgehead atoms. The zero-order chi connectivity index (χ0) is 10.7. The number of aliphatic carboxylic acids is 1. The van der Waals surface area contributed by atoms with Gasteiger partial charge in [-0.15, -0.1) is 11.8 Å². The van der Waals surface area contributed by atoms with Crippen LogP contribution in [0.25, 0.3) is 0 Å². The molecule has 0 unspecified atom stereocenters. The van der Waals surface area contributed by atoms with E-state index >= 15 is 0 Å². The summed E-state index contributed by atoms with van der Waals surface area (Å²) >= 11 is 18.3. The fraction of sp³-hybridized carbons (Fsp3) is 0.125. The lowest BCUT2D eigenvalue weighted by Crippen LogP contribution is -2.24. The quantitative estimate of drug-likeness (QED) is 0.792. The number of carbonyl (C=O) groups is 1. The van der Waals surface area contributed by atoms with E-state index in [2.05, 4.69) is 0 Å².